The lowest BCUT2D eigenvalue weighted by Crippen LogP contribution is -2.41. The highest BCUT2D eigenvalue weighted by Crippen LogP contribution is 2.27. The van der Waals surface area contributed by atoms with Gasteiger partial charge in [-0.05, 0) is 49.3 Å². The first-order valence-electron chi connectivity index (χ1n) is 5.95. The molecular formula is C13H17FN2S. The number of anilines is 1. The van der Waals surface area contributed by atoms with Crippen molar-refractivity contribution >= 4 is 23.0 Å². The van der Waals surface area contributed by atoms with Crippen molar-refractivity contribution in [2.75, 3.05) is 11.4 Å². The smallest absolute Gasteiger partial charge is 0.174 e. The molecule has 0 radical (unpaired) electrons. The van der Waals surface area contributed by atoms with E-state index in [2.05, 4.69) is 19.2 Å². The van der Waals surface area contributed by atoms with Crippen molar-refractivity contribution in [3.05, 3.63) is 30.1 Å². The molecule has 1 aromatic rings. The van der Waals surface area contributed by atoms with Gasteiger partial charge in [0.2, 0.25) is 0 Å². The summed E-state index contributed by atoms with van der Waals surface area (Å²) in [4.78, 5) is 2.04. The molecule has 1 aliphatic rings. The molecule has 0 aromatic heterocycles. The Balaban J connectivity index is 2.23. The lowest BCUT2D eigenvalue weighted by atomic mass is 9.94. The molecule has 0 bridgehead atoms. The highest BCUT2D eigenvalue weighted by atomic mass is 32.1. The minimum Gasteiger partial charge on any atom is -0.355 e. The predicted octanol–water partition coefficient (Wildman–Crippen LogP) is 3.08. The summed E-state index contributed by atoms with van der Waals surface area (Å²) in [5.41, 5.74) is 1.01. The van der Waals surface area contributed by atoms with Crippen molar-refractivity contribution in [2.24, 2.45) is 0 Å². The molecular weight excluding hydrogens is 235 g/mol. The molecule has 0 aliphatic carbocycles. The molecule has 0 unspecified atom stereocenters. The van der Waals surface area contributed by atoms with Crippen LogP contribution in [0.2, 0.25) is 0 Å². The highest BCUT2D eigenvalue weighted by Gasteiger charge is 2.37. The van der Waals surface area contributed by atoms with Crippen molar-refractivity contribution in [2.45, 2.75) is 32.2 Å². The van der Waals surface area contributed by atoms with E-state index in [1.165, 1.54) is 12.1 Å². The van der Waals surface area contributed by atoms with Gasteiger partial charge in [-0.1, -0.05) is 13.8 Å². The second kappa shape index (κ2) is 4.61. The lowest BCUT2D eigenvalue weighted by molar-refractivity contribution is 0.392. The Morgan fingerprint density at radius 2 is 1.88 bits per heavy atom. The summed E-state index contributed by atoms with van der Waals surface area (Å²) in [6.45, 7) is 5.17. The Morgan fingerprint density at radius 1 is 1.29 bits per heavy atom. The molecule has 1 aromatic carbocycles. The van der Waals surface area contributed by atoms with Crippen molar-refractivity contribution in [3.63, 3.8) is 0 Å². The summed E-state index contributed by atoms with van der Waals surface area (Å²) in [5.74, 6) is -0.218. The third kappa shape index (κ3) is 2.27. The molecule has 2 nitrogen and oxygen atoms in total. The standard InChI is InChI=1S/C13H17FN2S/c1-3-13(4-2)9-16(12(17)15-13)11-7-5-10(14)6-8-11/h5-8H,3-4,9H2,1-2H3,(H,15,17). The summed E-state index contributed by atoms with van der Waals surface area (Å²) in [6, 6.07) is 6.47. The Labute approximate surface area is 107 Å². The van der Waals surface area contributed by atoms with Crippen molar-refractivity contribution in [1.82, 2.24) is 5.32 Å². The van der Waals surface area contributed by atoms with Crippen molar-refractivity contribution in [3.8, 4) is 0 Å². The van der Waals surface area contributed by atoms with Crippen LogP contribution in [0.25, 0.3) is 0 Å². The molecule has 1 heterocycles. The van der Waals surface area contributed by atoms with Gasteiger partial charge in [0.05, 0.1) is 5.54 Å². The van der Waals surface area contributed by atoms with E-state index in [0.717, 1.165) is 30.2 Å². The van der Waals surface area contributed by atoms with Gasteiger partial charge in [0.1, 0.15) is 5.82 Å². The molecule has 1 fully saturated rings. The van der Waals surface area contributed by atoms with Crippen LogP contribution in [0.1, 0.15) is 26.7 Å². The second-order valence-corrected chi connectivity index (χ2v) is 4.87. The number of halogens is 1. The van der Waals surface area contributed by atoms with Crippen molar-refractivity contribution < 1.29 is 4.39 Å². The maximum absolute atomic E-state index is 12.9. The van der Waals surface area contributed by atoms with Crippen LogP contribution in [0.5, 0.6) is 0 Å². The van der Waals surface area contributed by atoms with Crippen molar-refractivity contribution in [1.29, 1.82) is 0 Å². The molecule has 0 spiro atoms. The number of rotatable bonds is 3. The van der Waals surface area contributed by atoms with E-state index < -0.39 is 0 Å². The maximum Gasteiger partial charge on any atom is 0.174 e. The van der Waals surface area contributed by atoms with Crippen LogP contribution in [-0.2, 0) is 0 Å². The van der Waals surface area contributed by atoms with Crippen LogP contribution >= 0.6 is 12.2 Å². The fraction of sp³-hybridized carbons (Fsp3) is 0.462. The van der Waals surface area contributed by atoms with Gasteiger partial charge >= 0.3 is 0 Å². The van der Waals surface area contributed by atoms with Gasteiger partial charge in [0.15, 0.2) is 5.11 Å². The van der Waals surface area contributed by atoms with Crippen LogP contribution in [-0.4, -0.2) is 17.2 Å². The topological polar surface area (TPSA) is 15.3 Å². The van der Waals surface area contributed by atoms with Gasteiger partial charge in [-0.25, -0.2) is 4.39 Å². The first kappa shape index (κ1) is 12.3. The Kier molecular flexibility index (Phi) is 3.33. The number of nitrogens with one attached hydrogen (secondary N) is 1. The monoisotopic (exact) mass is 252 g/mol. The summed E-state index contributed by atoms with van der Waals surface area (Å²) in [7, 11) is 0. The van der Waals surface area contributed by atoms with Crippen LogP contribution in [0.4, 0.5) is 10.1 Å². The molecule has 1 N–H and O–H groups in total. The van der Waals surface area contributed by atoms with Gasteiger partial charge in [0.25, 0.3) is 0 Å². The maximum atomic E-state index is 12.9. The molecule has 2 rings (SSSR count). The number of hydrogen-bond donors (Lipinski definition) is 1. The molecule has 1 saturated heterocycles. The molecule has 1 aliphatic heterocycles. The third-order valence-electron chi connectivity index (χ3n) is 3.57. The Hall–Kier alpha value is -1.16. The minimum atomic E-state index is -0.218. The van der Waals surface area contributed by atoms with Crippen LogP contribution in [0, 0.1) is 5.82 Å². The molecule has 0 saturated carbocycles. The van der Waals surface area contributed by atoms with E-state index in [0.29, 0.717) is 0 Å². The van der Waals surface area contributed by atoms with E-state index in [9.17, 15) is 4.39 Å². The summed E-state index contributed by atoms with van der Waals surface area (Å²) < 4.78 is 12.9. The fourth-order valence-corrected chi connectivity index (χ4v) is 2.57. The van der Waals surface area contributed by atoms with E-state index in [-0.39, 0.29) is 11.4 Å². The predicted molar refractivity (Wildman–Crippen MR) is 72.8 cm³/mol. The summed E-state index contributed by atoms with van der Waals surface area (Å²) >= 11 is 5.36. The number of nitrogens with zero attached hydrogens (tertiary/aromatic N) is 1. The van der Waals surface area contributed by atoms with Gasteiger partial charge in [-0.2, -0.15) is 0 Å². The number of thiocarbonyl (C=S) groups is 1. The second-order valence-electron chi connectivity index (χ2n) is 4.48. The molecule has 0 atom stereocenters. The quantitative estimate of drug-likeness (QED) is 0.832. The average Bonchev–Trinajstić information content (AvgIpc) is 2.69. The largest absolute Gasteiger partial charge is 0.355 e. The van der Waals surface area contributed by atoms with Gasteiger partial charge in [-0.15, -0.1) is 0 Å². The SMILES string of the molecule is CCC1(CC)CN(c2ccc(F)cc2)C(=S)N1. The molecule has 17 heavy (non-hydrogen) atoms. The first-order valence-corrected chi connectivity index (χ1v) is 6.36. The third-order valence-corrected chi connectivity index (χ3v) is 3.89. The highest BCUT2D eigenvalue weighted by molar-refractivity contribution is 7.80. The Bertz CT molecular complexity index is 412. The van der Waals surface area contributed by atoms with Crippen LogP contribution in [0.3, 0.4) is 0 Å². The van der Waals surface area contributed by atoms with E-state index >= 15 is 0 Å². The van der Waals surface area contributed by atoms with Gasteiger partial charge in [0, 0.05) is 12.2 Å². The molecule has 0 amide bonds. The Morgan fingerprint density at radius 3 is 2.35 bits per heavy atom. The fourth-order valence-electron chi connectivity index (χ4n) is 2.19. The zero-order valence-electron chi connectivity index (χ0n) is 10.2. The number of hydrogen-bond acceptors (Lipinski definition) is 1. The van der Waals surface area contributed by atoms with E-state index in [4.69, 9.17) is 12.2 Å². The zero-order chi connectivity index (χ0) is 12.5. The summed E-state index contributed by atoms with van der Waals surface area (Å²) in [5, 5.41) is 4.13. The lowest BCUT2D eigenvalue weighted by Gasteiger charge is -2.25. The van der Waals surface area contributed by atoms with Crippen LogP contribution in [0.15, 0.2) is 24.3 Å². The van der Waals surface area contributed by atoms with E-state index in [1.807, 2.05) is 4.90 Å². The molecule has 92 valence electrons. The summed E-state index contributed by atoms with van der Waals surface area (Å²) in [6.07, 6.45) is 2.06. The van der Waals surface area contributed by atoms with Crippen LogP contribution < -0.4 is 10.2 Å². The molecule has 4 heteroatoms. The zero-order valence-corrected chi connectivity index (χ0v) is 11.0. The average molecular weight is 252 g/mol. The van der Waals surface area contributed by atoms with E-state index in [1.54, 1.807) is 12.1 Å². The first-order chi connectivity index (χ1) is 8.10. The normalized spacial score (nSPS) is 18.3. The number of benzene rings is 1. The minimum absolute atomic E-state index is 0.0610. The van der Waals surface area contributed by atoms with Gasteiger partial charge in [-0.3, -0.25) is 0 Å². The van der Waals surface area contributed by atoms with Gasteiger partial charge < -0.3 is 10.2 Å².